The van der Waals surface area contributed by atoms with Gasteiger partial charge in [0.05, 0.1) is 22.6 Å². The van der Waals surface area contributed by atoms with Gasteiger partial charge in [-0.25, -0.2) is 9.59 Å². The molecule has 39 heavy (non-hydrogen) atoms. The van der Waals surface area contributed by atoms with E-state index in [9.17, 15) is 9.59 Å². The van der Waals surface area contributed by atoms with Gasteiger partial charge in [0, 0.05) is 11.1 Å². The zero-order valence-electron chi connectivity index (χ0n) is 25.5. The van der Waals surface area contributed by atoms with Crippen molar-refractivity contribution in [2.45, 2.75) is 117 Å². The molecule has 0 unspecified atom stereocenters. The van der Waals surface area contributed by atoms with E-state index >= 15 is 0 Å². The number of amides is 2. The SMILES string of the molecule is CCC(CC)(OC(CC)(CC)c1ccccc1NC(=O)OC(C)(C)C)c1ccccc1NC(=O)OC(C)(C)C. The van der Waals surface area contributed by atoms with Crippen molar-refractivity contribution in [3.8, 4) is 0 Å². The number of rotatable bonds is 10. The number of nitrogens with one attached hydrogen (secondary N) is 2. The number of hydrogen-bond donors (Lipinski definition) is 2. The Bertz CT molecular complexity index is 1020. The summed E-state index contributed by atoms with van der Waals surface area (Å²) in [6, 6.07) is 15.4. The highest BCUT2D eigenvalue weighted by Gasteiger charge is 2.43. The van der Waals surface area contributed by atoms with Gasteiger partial charge in [0.25, 0.3) is 0 Å². The average Bonchev–Trinajstić information content (AvgIpc) is 2.84. The van der Waals surface area contributed by atoms with Crippen LogP contribution in [-0.4, -0.2) is 23.4 Å². The van der Waals surface area contributed by atoms with Crippen LogP contribution in [0.1, 0.15) is 106 Å². The molecule has 0 fully saturated rings. The molecule has 0 aliphatic rings. The lowest BCUT2D eigenvalue weighted by atomic mass is 9.82. The molecule has 0 aliphatic carbocycles. The minimum absolute atomic E-state index is 0.514. The zero-order valence-corrected chi connectivity index (χ0v) is 25.5. The first kappa shape index (κ1) is 32.2. The van der Waals surface area contributed by atoms with E-state index in [4.69, 9.17) is 14.2 Å². The molecule has 0 saturated carbocycles. The molecule has 0 heterocycles. The molecule has 2 N–H and O–H groups in total. The molecule has 0 spiro atoms. The maximum atomic E-state index is 12.7. The first-order chi connectivity index (χ1) is 18.1. The Morgan fingerprint density at radius 3 is 1.18 bits per heavy atom. The molecule has 0 aliphatic heterocycles. The fraction of sp³-hybridized carbons (Fsp3) is 0.562. The molecular formula is C32H48N2O5. The van der Waals surface area contributed by atoms with E-state index in [1.54, 1.807) is 0 Å². The quantitative estimate of drug-likeness (QED) is 0.314. The first-order valence-electron chi connectivity index (χ1n) is 14.0. The van der Waals surface area contributed by atoms with Crippen molar-refractivity contribution in [1.82, 2.24) is 0 Å². The molecule has 7 heteroatoms. The molecule has 2 aromatic rings. The zero-order chi connectivity index (χ0) is 29.5. The van der Waals surface area contributed by atoms with E-state index in [-0.39, 0.29) is 0 Å². The Morgan fingerprint density at radius 2 is 0.897 bits per heavy atom. The minimum Gasteiger partial charge on any atom is -0.444 e. The van der Waals surface area contributed by atoms with Crippen molar-refractivity contribution in [2.75, 3.05) is 10.6 Å². The summed E-state index contributed by atoms with van der Waals surface area (Å²) < 4.78 is 18.3. The lowest BCUT2D eigenvalue weighted by Crippen LogP contribution is -2.41. The summed E-state index contributed by atoms with van der Waals surface area (Å²) in [4.78, 5) is 25.4. The van der Waals surface area contributed by atoms with Crippen LogP contribution >= 0.6 is 0 Å². The van der Waals surface area contributed by atoms with Crippen molar-refractivity contribution < 1.29 is 23.8 Å². The topological polar surface area (TPSA) is 85.9 Å². The van der Waals surface area contributed by atoms with E-state index in [2.05, 4.69) is 38.3 Å². The van der Waals surface area contributed by atoms with E-state index in [1.807, 2.05) is 90.1 Å². The molecule has 2 rings (SSSR count). The van der Waals surface area contributed by atoms with Crippen LogP contribution in [-0.2, 0) is 25.4 Å². The van der Waals surface area contributed by atoms with Gasteiger partial charge in [0.15, 0.2) is 0 Å². The molecule has 0 atom stereocenters. The molecule has 7 nitrogen and oxygen atoms in total. The molecule has 2 aromatic carbocycles. The van der Waals surface area contributed by atoms with E-state index in [0.717, 1.165) is 11.1 Å². The van der Waals surface area contributed by atoms with Gasteiger partial charge in [-0.3, -0.25) is 10.6 Å². The van der Waals surface area contributed by atoms with E-state index < -0.39 is 34.6 Å². The van der Waals surface area contributed by atoms with Crippen LogP contribution in [0.4, 0.5) is 21.0 Å². The highest BCUT2D eigenvalue weighted by Crippen LogP contribution is 2.48. The summed E-state index contributed by atoms with van der Waals surface area (Å²) in [7, 11) is 0. The number of benzene rings is 2. The normalized spacial score (nSPS) is 12.6. The largest absolute Gasteiger partial charge is 0.444 e. The van der Waals surface area contributed by atoms with Crippen LogP contribution < -0.4 is 10.6 Å². The number of para-hydroxylation sites is 2. The Labute approximate surface area is 235 Å². The Hall–Kier alpha value is -3.06. The number of carbonyl (C=O) groups is 2. The van der Waals surface area contributed by atoms with Crippen molar-refractivity contribution in [1.29, 1.82) is 0 Å². The Balaban J connectivity index is 2.57. The van der Waals surface area contributed by atoms with Crippen molar-refractivity contribution in [3.05, 3.63) is 59.7 Å². The second kappa shape index (κ2) is 12.9. The van der Waals surface area contributed by atoms with Gasteiger partial charge >= 0.3 is 12.2 Å². The van der Waals surface area contributed by atoms with Crippen LogP contribution in [0.2, 0.25) is 0 Å². The average molecular weight is 541 g/mol. The highest BCUT2D eigenvalue weighted by atomic mass is 16.6. The molecule has 0 bridgehead atoms. The van der Waals surface area contributed by atoms with Crippen LogP contribution in [0.3, 0.4) is 0 Å². The maximum absolute atomic E-state index is 12.7. The summed E-state index contributed by atoms with van der Waals surface area (Å²) in [6.45, 7) is 19.4. The number of anilines is 2. The molecule has 2 amide bonds. The predicted molar refractivity (Wildman–Crippen MR) is 158 cm³/mol. The van der Waals surface area contributed by atoms with E-state index in [1.165, 1.54) is 0 Å². The molecule has 0 saturated heterocycles. The van der Waals surface area contributed by atoms with Gasteiger partial charge in [0.2, 0.25) is 0 Å². The highest BCUT2D eigenvalue weighted by molar-refractivity contribution is 5.87. The van der Waals surface area contributed by atoms with E-state index in [0.29, 0.717) is 37.1 Å². The molecule has 216 valence electrons. The fourth-order valence-electron chi connectivity index (χ4n) is 4.84. The Kier molecular flexibility index (Phi) is 10.6. The summed E-state index contributed by atoms with van der Waals surface area (Å²) in [5, 5.41) is 5.89. The molecule has 0 aromatic heterocycles. The van der Waals surface area contributed by atoms with Gasteiger partial charge in [-0.1, -0.05) is 64.1 Å². The van der Waals surface area contributed by atoms with Crippen LogP contribution in [0.5, 0.6) is 0 Å². The third-order valence-electron chi connectivity index (χ3n) is 6.78. The minimum atomic E-state index is -0.726. The summed E-state index contributed by atoms with van der Waals surface area (Å²) in [5.41, 5.74) is 0.370. The van der Waals surface area contributed by atoms with Crippen LogP contribution in [0, 0.1) is 0 Å². The van der Waals surface area contributed by atoms with Crippen LogP contribution in [0.15, 0.2) is 48.5 Å². The second-order valence-electron chi connectivity index (χ2n) is 11.8. The van der Waals surface area contributed by atoms with Crippen molar-refractivity contribution in [2.24, 2.45) is 0 Å². The molecule has 0 radical (unpaired) electrons. The maximum Gasteiger partial charge on any atom is 0.412 e. The molecular weight excluding hydrogens is 492 g/mol. The number of carbonyl (C=O) groups excluding carboxylic acids is 2. The summed E-state index contributed by atoms with van der Waals surface area (Å²) >= 11 is 0. The smallest absolute Gasteiger partial charge is 0.412 e. The fourth-order valence-corrected chi connectivity index (χ4v) is 4.84. The Morgan fingerprint density at radius 1 is 0.590 bits per heavy atom. The van der Waals surface area contributed by atoms with Crippen molar-refractivity contribution >= 4 is 23.6 Å². The van der Waals surface area contributed by atoms with Gasteiger partial charge < -0.3 is 14.2 Å². The lowest BCUT2D eigenvalue weighted by molar-refractivity contribution is -0.176. The third kappa shape index (κ3) is 8.46. The predicted octanol–water partition coefficient (Wildman–Crippen LogP) is 9.13. The van der Waals surface area contributed by atoms with Gasteiger partial charge in [-0.15, -0.1) is 0 Å². The van der Waals surface area contributed by atoms with Gasteiger partial charge in [0.1, 0.15) is 11.2 Å². The van der Waals surface area contributed by atoms with Gasteiger partial charge in [-0.05, 0) is 79.4 Å². The number of hydrogen-bond acceptors (Lipinski definition) is 5. The van der Waals surface area contributed by atoms with Gasteiger partial charge in [-0.2, -0.15) is 0 Å². The third-order valence-corrected chi connectivity index (χ3v) is 6.78. The monoisotopic (exact) mass is 540 g/mol. The standard InChI is InChI=1S/C32H48N2O5/c1-11-31(12-2,23-19-15-17-21-25(23)33-27(35)37-29(5,6)7)39-32(13-3,14-4)24-20-16-18-22-26(24)34-28(36)38-30(8,9)10/h15-22H,11-14H2,1-10H3,(H,33,35)(H,34,36). The van der Waals surface area contributed by atoms with Crippen LogP contribution in [0.25, 0.3) is 0 Å². The summed E-state index contributed by atoms with van der Waals surface area (Å²) in [6.07, 6.45) is 1.64. The number of ether oxygens (including phenoxy) is 3. The lowest BCUT2D eigenvalue weighted by Gasteiger charge is -2.45. The first-order valence-corrected chi connectivity index (χ1v) is 14.0. The summed E-state index contributed by atoms with van der Waals surface area (Å²) in [5.74, 6) is 0. The second-order valence-corrected chi connectivity index (χ2v) is 11.8. The van der Waals surface area contributed by atoms with Crippen molar-refractivity contribution in [3.63, 3.8) is 0 Å².